The summed E-state index contributed by atoms with van der Waals surface area (Å²) < 4.78 is 9.42. The van der Waals surface area contributed by atoms with Crippen LogP contribution in [-0.4, -0.2) is 25.2 Å². The first-order valence-electron chi connectivity index (χ1n) is 3.75. The number of carbonyl (C=O) groups is 1. The van der Waals surface area contributed by atoms with Crippen LogP contribution in [0.4, 0.5) is 0 Å². The van der Waals surface area contributed by atoms with Crippen LogP contribution in [0.2, 0.25) is 0 Å². The van der Waals surface area contributed by atoms with Crippen LogP contribution < -0.4 is 0 Å². The summed E-state index contributed by atoms with van der Waals surface area (Å²) in [7, 11) is 2.98. The Kier molecular flexibility index (Phi) is 3.85. The highest BCUT2D eigenvalue weighted by Crippen LogP contribution is 2.11. The summed E-state index contributed by atoms with van der Waals surface area (Å²) >= 11 is 1.44. The summed E-state index contributed by atoms with van der Waals surface area (Å²) in [6.07, 6.45) is 0.241. The number of hydrogen-bond acceptors (Lipinski definition) is 5. The number of aromatic nitrogens is 1. The molecule has 5 heteroatoms. The highest BCUT2D eigenvalue weighted by molar-refractivity contribution is 7.09. The zero-order valence-electron chi connectivity index (χ0n) is 7.57. The van der Waals surface area contributed by atoms with Crippen LogP contribution in [0.15, 0.2) is 5.38 Å². The lowest BCUT2D eigenvalue weighted by Crippen LogP contribution is -2.04. The minimum Gasteiger partial charge on any atom is -0.469 e. The van der Waals surface area contributed by atoms with E-state index in [2.05, 4.69) is 9.72 Å². The molecule has 0 unspecified atom stereocenters. The van der Waals surface area contributed by atoms with E-state index in [-0.39, 0.29) is 12.4 Å². The highest BCUT2D eigenvalue weighted by Gasteiger charge is 2.07. The first kappa shape index (κ1) is 10.1. The Hall–Kier alpha value is -0.940. The molecule has 0 bridgehead atoms. The summed E-state index contributed by atoms with van der Waals surface area (Å²) in [5, 5.41) is 2.64. The van der Waals surface area contributed by atoms with Crippen molar-refractivity contribution in [3.05, 3.63) is 16.1 Å². The van der Waals surface area contributed by atoms with Crippen molar-refractivity contribution in [2.45, 2.75) is 13.0 Å². The van der Waals surface area contributed by atoms with Crippen LogP contribution in [0.3, 0.4) is 0 Å². The largest absolute Gasteiger partial charge is 0.469 e. The molecule has 1 aromatic rings. The molecular formula is C8H11NO3S. The molecule has 0 spiro atoms. The van der Waals surface area contributed by atoms with Crippen LogP contribution in [0.5, 0.6) is 0 Å². The zero-order valence-corrected chi connectivity index (χ0v) is 8.39. The minimum atomic E-state index is -0.265. The zero-order chi connectivity index (χ0) is 9.68. The molecule has 0 aliphatic carbocycles. The third-order valence-electron chi connectivity index (χ3n) is 1.41. The first-order chi connectivity index (χ1) is 6.26. The van der Waals surface area contributed by atoms with Gasteiger partial charge in [0.1, 0.15) is 5.01 Å². The van der Waals surface area contributed by atoms with E-state index in [1.807, 2.05) is 5.38 Å². The van der Waals surface area contributed by atoms with Gasteiger partial charge in [-0.25, -0.2) is 4.98 Å². The molecule has 0 aliphatic rings. The molecule has 0 aliphatic heterocycles. The monoisotopic (exact) mass is 201 g/mol. The fraction of sp³-hybridized carbons (Fsp3) is 0.500. The molecule has 4 nitrogen and oxygen atoms in total. The number of rotatable bonds is 4. The molecule has 0 N–H and O–H groups in total. The van der Waals surface area contributed by atoms with Crippen molar-refractivity contribution in [2.24, 2.45) is 0 Å². The van der Waals surface area contributed by atoms with Crippen molar-refractivity contribution < 1.29 is 14.3 Å². The van der Waals surface area contributed by atoms with Gasteiger partial charge >= 0.3 is 5.97 Å². The Balaban J connectivity index is 2.53. The van der Waals surface area contributed by atoms with Gasteiger partial charge in [0, 0.05) is 12.5 Å². The van der Waals surface area contributed by atoms with E-state index in [1.165, 1.54) is 18.4 Å². The van der Waals surface area contributed by atoms with Crippen LogP contribution in [0, 0.1) is 0 Å². The van der Waals surface area contributed by atoms with Gasteiger partial charge in [-0.15, -0.1) is 11.3 Å². The summed E-state index contributed by atoms with van der Waals surface area (Å²) in [4.78, 5) is 15.0. The van der Waals surface area contributed by atoms with Crippen molar-refractivity contribution in [1.82, 2.24) is 4.98 Å². The quantitative estimate of drug-likeness (QED) is 0.682. The van der Waals surface area contributed by atoms with Crippen molar-refractivity contribution >= 4 is 17.3 Å². The van der Waals surface area contributed by atoms with Gasteiger partial charge in [-0.2, -0.15) is 0 Å². The van der Waals surface area contributed by atoms with Gasteiger partial charge in [0.2, 0.25) is 0 Å². The molecule has 0 saturated carbocycles. The van der Waals surface area contributed by atoms with E-state index in [9.17, 15) is 4.79 Å². The lowest BCUT2D eigenvalue weighted by Gasteiger charge is -1.94. The molecule has 0 atom stereocenters. The van der Waals surface area contributed by atoms with Gasteiger partial charge in [-0.3, -0.25) is 4.79 Å². The summed E-state index contributed by atoms with van der Waals surface area (Å²) in [5.41, 5.74) is 0.853. The predicted molar refractivity (Wildman–Crippen MR) is 48.5 cm³/mol. The van der Waals surface area contributed by atoms with Gasteiger partial charge in [0.25, 0.3) is 0 Å². The van der Waals surface area contributed by atoms with E-state index in [0.717, 1.165) is 10.7 Å². The number of nitrogens with zero attached hydrogens (tertiary/aromatic N) is 1. The Labute approximate surface area is 80.5 Å². The second kappa shape index (κ2) is 4.94. The minimum absolute atomic E-state index is 0.241. The fourth-order valence-electron chi connectivity index (χ4n) is 0.840. The first-order valence-corrected chi connectivity index (χ1v) is 4.63. The molecule has 0 saturated heterocycles. The number of methoxy groups -OCH3 is 2. The van der Waals surface area contributed by atoms with Crippen LogP contribution >= 0.6 is 11.3 Å². The molecule has 0 fully saturated rings. The topological polar surface area (TPSA) is 48.4 Å². The molecule has 72 valence electrons. The van der Waals surface area contributed by atoms with Gasteiger partial charge in [-0.05, 0) is 0 Å². The van der Waals surface area contributed by atoms with Crippen LogP contribution in [-0.2, 0) is 27.3 Å². The van der Waals surface area contributed by atoms with Gasteiger partial charge in [-0.1, -0.05) is 0 Å². The second-order valence-corrected chi connectivity index (χ2v) is 3.36. The van der Waals surface area contributed by atoms with Crippen molar-refractivity contribution in [3.8, 4) is 0 Å². The van der Waals surface area contributed by atoms with Gasteiger partial charge in [0.05, 0.1) is 25.8 Å². The Morgan fingerprint density at radius 3 is 3.00 bits per heavy atom. The molecule has 1 rings (SSSR count). The van der Waals surface area contributed by atoms with Crippen LogP contribution in [0.25, 0.3) is 0 Å². The predicted octanol–water partition coefficient (Wildman–Crippen LogP) is 1.00. The van der Waals surface area contributed by atoms with Crippen LogP contribution in [0.1, 0.15) is 10.7 Å². The maximum atomic E-state index is 10.9. The smallest absolute Gasteiger partial charge is 0.312 e. The van der Waals surface area contributed by atoms with Gasteiger partial charge < -0.3 is 9.47 Å². The number of esters is 1. The third-order valence-corrected chi connectivity index (χ3v) is 2.31. The Bertz CT molecular complexity index is 285. The summed E-state index contributed by atoms with van der Waals surface area (Å²) in [5.74, 6) is -0.265. The lowest BCUT2D eigenvalue weighted by atomic mass is 10.4. The van der Waals surface area contributed by atoms with E-state index >= 15 is 0 Å². The Morgan fingerprint density at radius 1 is 1.62 bits per heavy atom. The van der Waals surface area contributed by atoms with E-state index in [0.29, 0.717) is 6.61 Å². The molecule has 13 heavy (non-hydrogen) atoms. The SMILES string of the molecule is COCc1csc(CC(=O)OC)n1. The average molecular weight is 201 g/mol. The molecule has 1 aromatic heterocycles. The van der Waals surface area contributed by atoms with E-state index < -0.39 is 0 Å². The van der Waals surface area contributed by atoms with Crippen molar-refractivity contribution in [2.75, 3.05) is 14.2 Å². The molecule has 0 aromatic carbocycles. The fourth-order valence-corrected chi connectivity index (χ4v) is 1.60. The molecule has 0 amide bonds. The molecule has 1 heterocycles. The number of carbonyl (C=O) groups excluding carboxylic acids is 1. The maximum Gasteiger partial charge on any atom is 0.312 e. The van der Waals surface area contributed by atoms with Crippen molar-refractivity contribution in [3.63, 3.8) is 0 Å². The number of ether oxygens (including phenoxy) is 2. The van der Waals surface area contributed by atoms with Crippen molar-refractivity contribution in [1.29, 1.82) is 0 Å². The maximum absolute atomic E-state index is 10.9. The summed E-state index contributed by atoms with van der Waals surface area (Å²) in [6.45, 7) is 0.484. The lowest BCUT2D eigenvalue weighted by molar-refractivity contribution is -0.139. The molecular weight excluding hydrogens is 190 g/mol. The number of thiazole rings is 1. The second-order valence-electron chi connectivity index (χ2n) is 2.42. The molecule has 0 radical (unpaired) electrons. The summed E-state index contributed by atoms with van der Waals surface area (Å²) in [6, 6.07) is 0. The Morgan fingerprint density at radius 2 is 2.38 bits per heavy atom. The average Bonchev–Trinajstić information content (AvgIpc) is 2.53. The van der Waals surface area contributed by atoms with E-state index in [4.69, 9.17) is 4.74 Å². The normalized spacial score (nSPS) is 10.0. The number of hydrogen-bond donors (Lipinski definition) is 0. The standard InChI is InChI=1S/C8H11NO3S/c1-11-4-6-5-13-7(9-6)3-8(10)12-2/h5H,3-4H2,1-2H3. The third kappa shape index (κ3) is 3.12. The van der Waals surface area contributed by atoms with E-state index in [1.54, 1.807) is 7.11 Å². The van der Waals surface area contributed by atoms with Gasteiger partial charge in [0.15, 0.2) is 0 Å². The highest BCUT2D eigenvalue weighted by atomic mass is 32.1.